The zero-order valence-corrected chi connectivity index (χ0v) is 6.29. The molecule has 0 aliphatic heterocycles. The van der Waals surface area contributed by atoms with Gasteiger partial charge in [-0.25, -0.2) is 0 Å². The van der Waals surface area contributed by atoms with Gasteiger partial charge in [0.25, 0.3) is 5.17 Å². The third-order valence-electron chi connectivity index (χ3n) is 0.633. The molecule has 0 spiro atoms. The topological polar surface area (TPSA) is 12.5 Å². The van der Waals surface area contributed by atoms with Gasteiger partial charge in [-0.15, -0.1) is 0 Å². The van der Waals surface area contributed by atoms with E-state index in [1.54, 1.807) is 4.90 Å². The van der Waals surface area contributed by atoms with E-state index in [1.807, 2.05) is 21.0 Å². The third-order valence-corrected chi connectivity index (χ3v) is 1.12. The Morgan fingerprint density at radius 3 is 2.11 bits per heavy atom. The average molecular weight is 157 g/mol. The fraction of sp³-hybridized carbons (Fsp3) is 0.800. The second kappa shape index (κ2) is 6.81. The molecule has 0 N–H and O–H groups in total. The first-order valence-electron chi connectivity index (χ1n) is 2.52. The monoisotopic (exact) mass is 157 g/mol. The summed E-state index contributed by atoms with van der Waals surface area (Å²) in [6, 6.07) is 0. The molecule has 0 aliphatic carbocycles. The molecule has 0 rings (SSSR count). The molecule has 0 radical (unpaired) electrons. The second-order valence-corrected chi connectivity index (χ2v) is 1.94. The van der Waals surface area contributed by atoms with Gasteiger partial charge in [-0.05, 0) is 19.1 Å². The number of ether oxygens (including phenoxy) is 1. The minimum atomic E-state index is 0. The summed E-state index contributed by atoms with van der Waals surface area (Å²) in [6.07, 6.45) is 0. The van der Waals surface area contributed by atoms with Crippen LogP contribution in [0.25, 0.3) is 0 Å². The Bertz CT molecular complexity index is 87.0. The molecule has 4 heteroatoms. The van der Waals surface area contributed by atoms with E-state index in [9.17, 15) is 0 Å². The number of rotatable bonds is 1. The molecule has 0 fully saturated rings. The molecule has 50 valence electrons. The molecule has 0 aliphatic rings. The summed E-state index contributed by atoms with van der Waals surface area (Å²) in [5.74, 6) is 0. The van der Waals surface area contributed by atoms with Gasteiger partial charge < -0.3 is 9.64 Å². The number of hydrogen-bond acceptors (Lipinski definition) is 2. The predicted octanol–water partition coefficient (Wildman–Crippen LogP) is 0.221. The Balaban J connectivity index is 0. The van der Waals surface area contributed by atoms with Crippen LogP contribution in [0.2, 0.25) is 0 Å². The van der Waals surface area contributed by atoms with Crippen molar-refractivity contribution in [3.8, 4) is 0 Å². The molecule has 0 aromatic heterocycles. The summed E-state index contributed by atoms with van der Waals surface area (Å²) in [5, 5.41) is 0.549. The summed E-state index contributed by atoms with van der Waals surface area (Å²) in [5.41, 5.74) is 0. The van der Waals surface area contributed by atoms with Gasteiger partial charge in [0, 0.05) is 14.1 Å². The van der Waals surface area contributed by atoms with E-state index in [-0.39, 0.29) is 29.6 Å². The van der Waals surface area contributed by atoms with Crippen LogP contribution < -0.4 is 0 Å². The summed E-state index contributed by atoms with van der Waals surface area (Å²) < 4.78 is 4.96. The first-order valence-corrected chi connectivity index (χ1v) is 2.93. The number of thiocarbonyl (C=S) groups is 1. The number of nitrogens with zero attached hydrogens (tertiary/aromatic N) is 1. The van der Waals surface area contributed by atoms with Crippen LogP contribution in [0.4, 0.5) is 0 Å². The van der Waals surface area contributed by atoms with Gasteiger partial charge >= 0.3 is 29.6 Å². The van der Waals surface area contributed by atoms with Crippen molar-refractivity contribution in [2.75, 3.05) is 20.7 Å². The van der Waals surface area contributed by atoms with Crippen molar-refractivity contribution < 1.29 is 4.74 Å². The quantitative estimate of drug-likeness (QED) is 0.399. The average Bonchev–Trinajstić information content (AvgIpc) is 1.67. The maximum absolute atomic E-state index is 4.96. The zero-order valence-electron chi connectivity index (χ0n) is 5.47. The standard InChI is InChI=1S/C5H11NOS.Na.H/c1-4-7-5(8)6(2)3;;/h4H2,1-3H3;;. The van der Waals surface area contributed by atoms with Crippen LogP contribution in [0.1, 0.15) is 6.92 Å². The van der Waals surface area contributed by atoms with E-state index in [1.165, 1.54) is 0 Å². The van der Waals surface area contributed by atoms with E-state index in [2.05, 4.69) is 0 Å². The molecule has 2 nitrogen and oxygen atoms in total. The molecule has 0 saturated heterocycles. The van der Waals surface area contributed by atoms with Crippen molar-refractivity contribution in [1.29, 1.82) is 0 Å². The SMILES string of the molecule is CCOC(=S)N(C)C.[NaH]. The molecular formula is C5H12NNaOS. The second-order valence-electron chi connectivity index (χ2n) is 1.59. The normalized spacial score (nSPS) is 7.44. The maximum atomic E-state index is 4.96. The van der Waals surface area contributed by atoms with Gasteiger partial charge in [-0.1, -0.05) is 0 Å². The van der Waals surface area contributed by atoms with Crippen LogP contribution in [0.15, 0.2) is 0 Å². The Hall–Kier alpha value is 0.690. The first kappa shape index (κ1) is 12.4. The van der Waals surface area contributed by atoms with Gasteiger partial charge in [0.05, 0.1) is 6.61 Å². The fourth-order valence-corrected chi connectivity index (χ4v) is 0.370. The van der Waals surface area contributed by atoms with Crippen LogP contribution >= 0.6 is 12.2 Å². The van der Waals surface area contributed by atoms with Crippen molar-refractivity contribution in [1.82, 2.24) is 4.90 Å². The molecule has 0 unspecified atom stereocenters. The third kappa shape index (κ3) is 6.58. The van der Waals surface area contributed by atoms with Crippen molar-refractivity contribution in [3.05, 3.63) is 0 Å². The van der Waals surface area contributed by atoms with E-state index < -0.39 is 0 Å². The summed E-state index contributed by atoms with van der Waals surface area (Å²) in [6.45, 7) is 2.56. The van der Waals surface area contributed by atoms with Crippen LogP contribution in [0.5, 0.6) is 0 Å². The van der Waals surface area contributed by atoms with Gasteiger partial charge in [-0.2, -0.15) is 0 Å². The summed E-state index contributed by atoms with van der Waals surface area (Å²) >= 11 is 4.78. The van der Waals surface area contributed by atoms with Gasteiger partial charge in [0.1, 0.15) is 0 Å². The summed E-state index contributed by atoms with van der Waals surface area (Å²) in [4.78, 5) is 1.76. The van der Waals surface area contributed by atoms with Crippen molar-refractivity contribution in [2.45, 2.75) is 6.92 Å². The Morgan fingerprint density at radius 2 is 2.00 bits per heavy atom. The molecule has 0 aromatic rings. The van der Waals surface area contributed by atoms with E-state index >= 15 is 0 Å². The Morgan fingerprint density at radius 1 is 1.56 bits per heavy atom. The molecule has 0 amide bonds. The van der Waals surface area contributed by atoms with Crippen LogP contribution in [-0.4, -0.2) is 60.3 Å². The van der Waals surface area contributed by atoms with Gasteiger partial charge in [0.2, 0.25) is 0 Å². The van der Waals surface area contributed by atoms with Crippen molar-refractivity contribution in [2.24, 2.45) is 0 Å². The van der Waals surface area contributed by atoms with E-state index in [0.29, 0.717) is 11.8 Å². The van der Waals surface area contributed by atoms with Crippen molar-refractivity contribution >= 4 is 46.9 Å². The molecule has 0 aromatic carbocycles. The zero-order chi connectivity index (χ0) is 6.57. The Labute approximate surface area is 83.8 Å². The number of hydrogen-bond donors (Lipinski definition) is 0. The molecule has 9 heavy (non-hydrogen) atoms. The summed E-state index contributed by atoms with van der Waals surface area (Å²) in [7, 11) is 3.72. The molecule has 0 heterocycles. The van der Waals surface area contributed by atoms with E-state index in [4.69, 9.17) is 17.0 Å². The molecular weight excluding hydrogens is 145 g/mol. The van der Waals surface area contributed by atoms with Crippen molar-refractivity contribution in [3.63, 3.8) is 0 Å². The predicted molar refractivity (Wildman–Crippen MR) is 45.1 cm³/mol. The van der Waals surface area contributed by atoms with Crippen LogP contribution in [0, 0.1) is 0 Å². The Kier molecular flexibility index (Phi) is 9.36. The molecule has 0 atom stereocenters. The van der Waals surface area contributed by atoms with Gasteiger partial charge in [0.15, 0.2) is 0 Å². The molecule has 0 saturated carbocycles. The fourth-order valence-electron chi connectivity index (χ4n) is 0.253. The first-order chi connectivity index (χ1) is 3.68. The van der Waals surface area contributed by atoms with Crippen LogP contribution in [-0.2, 0) is 4.74 Å². The van der Waals surface area contributed by atoms with Crippen LogP contribution in [0.3, 0.4) is 0 Å². The van der Waals surface area contributed by atoms with E-state index in [0.717, 1.165) is 0 Å². The molecule has 0 bridgehead atoms. The minimum absolute atomic E-state index is 0. The van der Waals surface area contributed by atoms with Gasteiger partial charge in [-0.3, -0.25) is 0 Å².